The van der Waals surface area contributed by atoms with Crippen molar-refractivity contribution in [3.63, 3.8) is 0 Å². The highest BCUT2D eigenvalue weighted by molar-refractivity contribution is 6.30. The standard InChI is InChI=1S/C14H21ClN2O/c1-5-17(4)14(18)13(16-10(2)3)11-6-8-12(15)9-7-11/h6-10,13,16H,5H2,1-4H3/t13-/m1/s1. The highest BCUT2D eigenvalue weighted by Gasteiger charge is 2.23. The van der Waals surface area contributed by atoms with Crippen molar-refractivity contribution in [1.82, 2.24) is 10.2 Å². The number of rotatable bonds is 5. The van der Waals surface area contributed by atoms with Crippen molar-refractivity contribution in [3.8, 4) is 0 Å². The maximum absolute atomic E-state index is 12.3. The smallest absolute Gasteiger partial charge is 0.244 e. The number of carbonyl (C=O) groups is 1. The minimum Gasteiger partial charge on any atom is -0.344 e. The van der Waals surface area contributed by atoms with E-state index in [2.05, 4.69) is 5.32 Å². The summed E-state index contributed by atoms with van der Waals surface area (Å²) in [5, 5.41) is 3.98. The molecule has 3 nitrogen and oxygen atoms in total. The molecule has 0 aliphatic carbocycles. The van der Waals surface area contributed by atoms with Crippen LogP contribution in [0, 0.1) is 0 Å². The number of benzene rings is 1. The van der Waals surface area contributed by atoms with E-state index in [1.165, 1.54) is 0 Å². The van der Waals surface area contributed by atoms with Gasteiger partial charge in [0.1, 0.15) is 6.04 Å². The lowest BCUT2D eigenvalue weighted by atomic mass is 10.0. The molecule has 0 heterocycles. The second kappa shape index (κ2) is 6.76. The molecule has 0 saturated heterocycles. The third kappa shape index (κ3) is 4.00. The zero-order chi connectivity index (χ0) is 13.7. The van der Waals surface area contributed by atoms with E-state index in [1.807, 2.05) is 52.1 Å². The molecule has 1 N–H and O–H groups in total. The van der Waals surface area contributed by atoms with Crippen LogP contribution in [0.1, 0.15) is 32.4 Å². The first-order chi connectivity index (χ1) is 8.45. The topological polar surface area (TPSA) is 32.3 Å². The van der Waals surface area contributed by atoms with Gasteiger partial charge in [-0.2, -0.15) is 0 Å². The van der Waals surface area contributed by atoms with Crippen LogP contribution in [0.15, 0.2) is 24.3 Å². The molecule has 0 saturated carbocycles. The average Bonchev–Trinajstić information content (AvgIpc) is 2.35. The summed E-state index contributed by atoms with van der Waals surface area (Å²) >= 11 is 5.88. The van der Waals surface area contributed by atoms with Gasteiger partial charge in [0.2, 0.25) is 5.91 Å². The summed E-state index contributed by atoms with van der Waals surface area (Å²) in [5.41, 5.74) is 0.943. The molecule has 1 amide bonds. The van der Waals surface area contributed by atoms with Crippen molar-refractivity contribution in [1.29, 1.82) is 0 Å². The molecule has 1 aromatic carbocycles. The van der Waals surface area contributed by atoms with E-state index in [9.17, 15) is 4.79 Å². The SMILES string of the molecule is CCN(C)C(=O)[C@H](NC(C)C)c1ccc(Cl)cc1. The van der Waals surface area contributed by atoms with E-state index in [0.29, 0.717) is 11.6 Å². The normalized spacial score (nSPS) is 12.6. The number of nitrogens with zero attached hydrogens (tertiary/aromatic N) is 1. The number of hydrogen-bond donors (Lipinski definition) is 1. The Bertz CT molecular complexity index is 389. The van der Waals surface area contributed by atoms with Crippen LogP contribution in [0.3, 0.4) is 0 Å². The van der Waals surface area contributed by atoms with Crippen molar-refractivity contribution in [2.45, 2.75) is 32.9 Å². The minimum absolute atomic E-state index is 0.0773. The third-order valence-corrected chi connectivity index (χ3v) is 3.05. The zero-order valence-electron chi connectivity index (χ0n) is 11.4. The summed E-state index contributed by atoms with van der Waals surface area (Å²) in [6.45, 7) is 6.72. The summed E-state index contributed by atoms with van der Waals surface area (Å²) in [5.74, 6) is 0.0773. The summed E-state index contributed by atoms with van der Waals surface area (Å²) in [6.07, 6.45) is 0. The molecule has 0 radical (unpaired) electrons. The third-order valence-electron chi connectivity index (χ3n) is 2.80. The van der Waals surface area contributed by atoms with Crippen molar-refractivity contribution in [2.75, 3.05) is 13.6 Å². The molecule has 1 rings (SSSR count). The van der Waals surface area contributed by atoms with E-state index in [-0.39, 0.29) is 18.0 Å². The Labute approximate surface area is 114 Å². The van der Waals surface area contributed by atoms with Gasteiger partial charge in [-0.1, -0.05) is 23.7 Å². The first kappa shape index (κ1) is 15.0. The monoisotopic (exact) mass is 268 g/mol. The molecule has 0 aromatic heterocycles. The van der Waals surface area contributed by atoms with Crippen LogP contribution >= 0.6 is 11.6 Å². The van der Waals surface area contributed by atoms with Crippen LogP contribution in [0.25, 0.3) is 0 Å². The van der Waals surface area contributed by atoms with Crippen molar-refractivity contribution >= 4 is 17.5 Å². The first-order valence-electron chi connectivity index (χ1n) is 6.22. The maximum Gasteiger partial charge on any atom is 0.244 e. The van der Waals surface area contributed by atoms with Crippen LogP contribution in [0.5, 0.6) is 0 Å². The number of likely N-dealkylation sites (N-methyl/N-ethyl adjacent to an activating group) is 1. The van der Waals surface area contributed by atoms with Crippen LogP contribution in [-0.2, 0) is 4.79 Å². The van der Waals surface area contributed by atoms with Gasteiger partial charge >= 0.3 is 0 Å². The highest BCUT2D eigenvalue weighted by atomic mass is 35.5. The maximum atomic E-state index is 12.3. The molecule has 0 unspecified atom stereocenters. The number of halogens is 1. The van der Waals surface area contributed by atoms with Gasteiger partial charge in [-0.25, -0.2) is 0 Å². The molecule has 0 spiro atoms. The van der Waals surface area contributed by atoms with Crippen LogP contribution in [-0.4, -0.2) is 30.4 Å². The molecular formula is C14H21ClN2O. The molecule has 0 fully saturated rings. The van der Waals surface area contributed by atoms with E-state index in [0.717, 1.165) is 5.56 Å². The van der Waals surface area contributed by atoms with Crippen molar-refractivity contribution in [2.24, 2.45) is 0 Å². The Kier molecular flexibility index (Phi) is 5.63. The molecular weight excluding hydrogens is 248 g/mol. The van der Waals surface area contributed by atoms with E-state index in [1.54, 1.807) is 4.90 Å². The molecule has 100 valence electrons. The van der Waals surface area contributed by atoms with Gasteiger partial charge in [-0.15, -0.1) is 0 Å². The fourth-order valence-electron chi connectivity index (χ4n) is 1.67. The van der Waals surface area contributed by atoms with Gasteiger partial charge in [0.25, 0.3) is 0 Å². The molecule has 0 aliphatic heterocycles. The minimum atomic E-state index is -0.313. The van der Waals surface area contributed by atoms with Crippen LogP contribution in [0.4, 0.5) is 0 Å². The Balaban J connectivity index is 2.97. The molecule has 0 bridgehead atoms. The van der Waals surface area contributed by atoms with Gasteiger partial charge in [0.15, 0.2) is 0 Å². The number of carbonyl (C=O) groups excluding carboxylic acids is 1. The summed E-state index contributed by atoms with van der Waals surface area (Å²) in [4.78, 5) is 14.0. The Morgan fingerprint density at radius 1 is 1.33 bits per heavy atom. The zero-order valence-corrected chi connectivity index (χ0v) is 12.2. The predicted molar refractivity (Wildman–Crippen MR) is 75.8 cm³/mol. The first-order valence-corrected chi connectivity index (χ1v) is 6.60. The average molecular weight is 269 g/mol. The Morgan fingerprint density at radius 2 is 1.89 bits per heavy atom. The lowest BCUT2D eigenvalue weighted by Crippen LogP contribution is -2.41. The summed E-state index contributed by atoms with van der Waals surface area (Å²) in [7, 11) is 1.81. The molecule has 4 heteroatoms. The summed E-state index contributed by atoms with van der Waals surface area (Å²) in [6, 6.07) is 7.33. The second-order valence-corrected chi connectivity index (χ2v) is 5.09. The van der Waals surface area contributed by atoms with Crippen molar-refractivity contribution in [3.05, 3.63) is 34.9 Å². The Hall–Kier alpha value is -1.06. The molecule has 1 atom stereocenters. The van der Waals surface area contributed by atoms with Crippen molar-refractivity contribution < 1.29 is 4.79 Å². The molecule has 1 aromatic rings. The van der Waals surface area contributed by atoms with Gasteiger partial charge in [-0.05, 0) is 38.5 Å². The highest BCUT2D eigenvalue weighted by Crippen LogP contribution is 2.19. The Morgan fingerprint density at radius 3 is 2.33 bits per heavy atom. The van der Waals surface area contributed by atoms with E-state index in [4.69, 9.17) is 11.6 Å². The molecule has 18 heavy (non-hydrogen) atoms. The largest absolute Gasteiger partial charge is 0.344 e. The number of nitrogens with one attached hydrogen (secondary N) is 1. The van der Waals surface area contributed by atoms with Gasteiger partial charge in [0, 0.05) is 24.7 Å². The van der Waals surface area contributed by atoms with E-state index < -0.39 is 0 Å². The van der Waals surface area contributed by atoms with Crippen LogP contribution in [0.2, 0.25) is 5.02 Å². The summed E-state index contributed by atoms with van der Waals surface area (Å²) < 4.78 is 0. The number of amides is 1. The van der Waals surface area contributed by atoms with Gasteiger partial charge in [0.05, 0.1) is 0 Å². The lowest BCUT2D eigenvalue weighted by Gasteiger charge is -2.25. The van der Waals surface area contributed by atoms with Gasteiger partial charge in [-0.3, -0.25) is 10.1 Å². The fraction of sp³-hybridized carbons (Fsp3) is 0.500. The quantitative estimate of drug-likeness (QED) is 0.891. The second-order valence-electron chi connectivity index (χ2n) is 4.66. The van der Waals surface area contributed by atoms with Gasteiger partial charge < -0.3 is 4.90 Å². The fourth-order valence-corrected chi connectivity index (χ4v) is 1.80. The predicted octanol–water partition coefficient (Wildman–Crippen LogP) is 2.86. The number of hydrogen-bond acceptors (Lipinski definition) is 2. The van der Waals surface area contributed by atoms with E-state index >= 15 is 0 Å². The van der Waals surface area contributed by atoms with Crippen LogP contribution < -0.4 is 5.32 Å². The molecule has 0 aliphatic rings. The lowest BCUT2D eigenvalue weighted by molar-refractivity contribution is -0.132.